The van der Waals surface area contributed by atoms with Crippen molar-refractivity contribution in [2.24, 2.45) is 4.99 Å². The van der Waals surface area contributed by atoms with Gasteiger partial charge in [-0.1, -0.05) is 78.1 Å². The number of methoxy groups -OCH3 is 1. The number of ether oxygens (including phenoxy) is 3. The lowest BCUT2D eigenvalue weighted by molar-refractivity contribution is -0.138. The second kappa shape index (κ2) is 13.5. The molecule has 46 heavy (non-hydrogen) atoms. The molecule has 0 bridgehead atoms. The number of aromatic nitrogens is 1. The summed E-state index contributed by atoms with van der Waals surface area (Å²) in [6, 6.07) is 32.8. The minimum absolute atomic E-state index is 0.174. The first-order chi connectivity index (χ1) is 22.5. The van der Waals surface area contributed by atoms with E-state index < -0.39 is 12.0 Å². The van der Waals surface area contributed by atoms with Crippen LogP contribution < -0.4 is 24.4 Å². The van der Waals surface area contributed by atoms with Gasteiger partial charge in [-0.2, -0.15) is 5.26 Å². The number of esters is 1. The van der Waals surface area contributed by atoms with Crippen molar-refractivity contribution in [2.75, 3.05) is 13.7 Å². The molecule has 0 saturated heterocycles. The fraction of sp³-hybridized carbons (Fsp3) is 0.135. The molecule has 0 radical (unpaired) electrons. The zero-order valence-electron chi connectivity index (χ0n) is 25.2. The zero-order chi connectivity index (χ0) is 32.0. The first-order valence-electron chi connectivity index (χ1n) is 14.6. The minimum atomic E-state index is -0.777. The summed E-state index contributed by atoms with van der Waals surface area (Å²) in [7, 11) is 1.59. The van der Waals surface area contributed by atoms with Gasteiger partial charge in [0.15, 0.2) is 4.80 Å². The van der Waals surface area contributed by atoms with Gasteiger partial charge in [0.25, 0.3) is 5.56 Å². The third-order valence-electron chi connectivity index (χ3n) is 7.45. The van der Waals surface area contributed by atoms with E-state index in [0.29, 0.717) is 38.7 Å². The number of thiazole rings is 1. The molecule has 1 atom stereocenters. The Labute approximate surface area is 269 Å². The molecule has 0 unspecified atom stereocenters. The Morgan fingerprint density at radius 3 is 2.43 bits per heavy atom. The highest BCUT2D eigenvalue weighted by molar-refractivity contribution is 7.07. The summed E-state index contributed by atoms with van der Waals surface area (Å²) in [6.45, 7) is 2.26. The molecular formula is C37H29N3O5S. The number of nitriles is 1. The molecule has 9 heteroatoms. The Kier molecular flexibility index (Phi) is 8.90. The highest BCUT2D eigenvalue weighted by atomic mass is 32.1. The lowest BCUT2D eigenvalue weighted by Gasteiger charge is -2.26. The molecule has 0 spiro atoms. The standard InChI is InChI=1S/C37H29N3O5S/c1-3-44-36(42)32-33(27-9-5-4-6-10-27)39-37-40(34(32)28-16-18-29(43-2)19-17-28)35(41)31(46-37)21-26-8-7-11-30(20-26)45-23-25-14-12-24(22-38)13-15-25/h4-21,34H,3,23H2,1-2H3/b31-21-/t34-/m1/s1. The molecule has 0 fully saturated rings. The van der Waals surface area contributed by atoms with Crippen molar-refractivity contribution in [3.05, 3.63) is 156 Å². The van der Waals surface area contributed by atoms with Gasteiger partial charge >= 0.3 is 5.97 Å². The lowest BCUT2D eigenvalue weighted by Crippen LogP contribution is -2.40. The summed E-state index contributed by atoms with van der Waals surface area (Å²) in [6.07, 6.45) is 1.81. The largest absolute Gasteiger partial charge is 0.497 e. The number of carbonyl (C=O) groups is 1. The molecule has 6 rings (SSSR count). The maximum atomic E-state index is 14.2. The Hall–Kier alpha value is -5.72. The van der Waals surface area contributed by atoms with E-state index >= 15 is 0 Å². The fourth-order valence-electron chi connectivity index (χ4n) is 5.23. The number of benzene rings is 4. The summed E-state index contributed by atoms with van der Waals surface area (Å²) >= 11 is 1.26. The predicted molar refractivity (Wildman–Crippen MR) is 176 cm³/mol. The van der Waals surface area contributed by atoms with Crippen LogP contribution in [-0.2, 0) is 16.1 Å². The van der Waals surface area contributed by atoms with Crippen molar-refractivity contribution >= 4 is 29.1 Å². The summed E-state index contributed by atoms with van der Waals surface area (Å²) in [5.74, 6) is 0.757. The van der Waals surface area contributed by atoms with E-state index in [-0.39, 0.29) is 17.7 Å². The van der Waals surface area contributed by atoms with Gasteiger partial charge in [0.2, 0.25) is 0 Å². The van der Waals surface area contributed by atoms with Crippen LogP contribution in [0.5, 0.6) is 11.5 Å². The Bertz CT molecular complexity index is 2140. The van der Waals surface area contributed by atoms with E-state index in [1.54, 1.807) is 48.9 Å². The summed E-state index contributed by atoms with van der Waals surface area (Å²) < 4.78 is 18.9. The molecule has 4 aromatic carbocycles. The molecule has 2 heterocycles. The maximum absolute atomic E-state index is 14.2. The Morgan fingerprint density at radius 2 is 1.74 bits per heavy atom. The minimum Gasteiger partial charge on any atom is -0.497 e. The zero-order valence-corrected chi connectivity index (χ0v) is 26.0. The van der Waals surface area contributed by atoms with E-state index in [2.05, 4.69) is 6.07 Å². The van der Waals surface area contributed by atoms with Crippen molar-refractivity contribution in [2.45, 2.75) is 19.6 Å². The quantitative estimate of drug-likeness (QED) is 0.203. The molecule has 0 amide bonds. The van der Waals surface area contributed by atoms with Gasteiger partial charge in [0, 0.05) is 5.56 Å². The number of fused-ring (bicyclic) bond motifs is 1. The second-order valence-corrected chi connectivity index (χ2v) is 11.4. The molecule has 5 aromatic rings. The SMILES string of the molecule is CCOC(=O)C1=C(c2ccccc2)N=c2s/c(=C\c3cccc(OCc4ccc(C#N)cc4)c3)c(=O)n2[C@@H]1c1ccc(OC)cc1. The normalized spacial score (nSPS) is 14.2. The van der Waals surface area contributed by atoms with E-state index in [1.165, 1.54) is 11.3 Å². The molecule has 0 N–H and O–H groups in total. The van der Waals surface area contributed by atoms with Gasteiger partial charge in [-0.25, -0.2) is 9.79 Å². The molecule has 228 valence electrons. The Morgan fingerprint density at radius 1 is 0.978 bits per heavy atom. The van der Waals surface area contributed by atoms with Crippen LogP contribution in [0.1, 0.15) is 40.8 Å². The fourth-order valence-corrected chi connectivity index (χ4v) is 6.23. The van der Waals surface area contributed by atoms with E-state index in [9.17, 15) is 9.59 Å². The van der Waals surface area contributed by atoms with E-state index in [4.69, 9.17) is 24.5 Å². The molecule has 0 aliphatic carbocycles. The average Bonchev–Trinajstić information content (AvgIpc) is 3.41. The highest BCUT2D eigenvalue weighted by Crippen LogP contribution is 2.35. The van der Waals surface area contributed by atoms with Gasteiger partial charge in [-0.05, 0) is 66.1 Å². The highest BCUT2D eigenvalue weighted by Gasteiger charge is 2.35. The first-order valence-corrected chi connectivity index (χ1v) is 15.4. The molecule has 0 saturated carbocycles. The number of hydrogen-bond acceptors (Lipinski definition) is 8. The van der Waals surface area contributed by atoms with Crippen molar-refractivity contribution in [3.63, 3.8) is 0 Å². The number of nitrogens with zero attached hydrogens (tertiary/aromatic N) is 3. The van der Waals surface area contributed by atoms with Crippen LogP contribution >= 0.6 is 11.3 Å². The van der Waals surface area contributed by atoms with Gasteiger partial charge in [-0.15, -0.1) is 0 Å². The third-order valence-corrected chi connectivity index (χ3v) is 8.43. The van der Waals surface area contributed by atoms with Crippen molar-refractivity contribution < 1.29 is 19.0 Å². The van der Waals surface area contributed by atoms with E-state index in [1.807, 2.05) is 78.9 Å². The molecule has 8 nitrogen and oxygen atoms in total. The maximum Gasteiger partial charge on any atom is 0.338 e. The first kappa shape index (κ1) is 30.3. The smallest absolute Gasteiger partial charge is 0.338 e. The third kappa shape index (κ3) is 6.25. The molecule has 1 aliphatic heterocycles. The summed E-state index contributed by atoms with van der Waals surface area (Å²) in [5, 5.41) is 9.04. The van der Waals surface area contributed by atoms with Gasteiger partial charge in [0.1, 0.15) is 18.1 Å². The topological polar surface area (TPSA) is 103 Å². The van der Waals surface area contributed by atoms with Crippen LogP contribution in [0.25, 0.3) is 11.8 Å². The van der Waals surface area contributed by atoms with Crippen LogP contribution in [0, 0.1) is 11.3 Å². The average molecular weight is 628 g/mol. The number of carbonyl (C=O) groups excluding carboxylic acids is 1. The molecule has 1 aliphatic rings. The van der Waals surface area contributed by atoms with Gasteiger partial charge in [-0.3, -0.25) is 9.36 Å². The lowest BCUT2D eigenvalue weighted by atomic mass is 9.93. The van der Waals surface area contributed by atoms with Crippen molar-refractivity contribution in [1.29, 1.82) is 5.26 Å². The van der Waals surface area contributed by atoms with Crippen molar-refractivity contribution in [1.82, 2.24) is 4.57 Å². The number of rotatable bonds is 9. The number of hydrogen-bond donors (Lipinski definition) is 0. The van der Waals surface area contributed by atoms with Crippen molar-refractivity contribution in [3.8, 4) is 17.6 Å². The van der Waals surface area contributed by atoms with E-state index in [0.717, 1.165) is 22.3 Å². The monoisotopic (exact) mass is 627 g/mol. The van der Waals surface area contributed by atoms with Gasteiger partial charge in [0.05, 0.1) is 47.2 Å². The Balaban J connectivity index is 1.45. The molecular weight excluding hydrogens is 598 g/mol. The van der Waals surface area contributed by atoms with Crippen LogP contribution in [0.15, 0.2) is 118 Å². The van der Waals surface area contributed by atoms with Crippen LogP contribution in [0.4, 0.5) is 0 Å². The van der Waals surface area contributed by atoms with Crippen LogP contribution in [0.3, 0.4) is 0 Å². The van der Waals surface area contributed by atoms with Gasteiger partial charge < -0.3 is 14.2 Å². The summed E-state index contributed by atoms with van der Waals surface area (Å²) in [5.41, 5.74) is 4.24. The second-order valence-electron chi connectivity index (χ2n) is 10.4. The van der Waals surface area contributed by atoms with Crippen LogP contribution in [0.2, 0.25) is 0 Å². The van der Waals surface area contributed by atoms with Crippen LogP contribution in [-0.4, -0.2) is 24.3 Å². The summed E-state index contributed by atoms with van der Waals surface area (Å²) in [4.78, 5) is 33.2. The molecule has 1 aromatic heterocycles. The predicted octanol–water partition coefficient (Wildman–Crippen LogP) is 5.39.